The van der Waals surface area contributed by atoms with E-state index in [9.17, 15) is 4.79 Å². The van der Waals surface area contributed by atoms with Gasteiger partial charge in [-0.1, -0.05) is 0 Å². The van der Waals surface area contributed by atoms with E-state index in [0.29, 0.717) is 18.1 Å². The van der Waals surface area contributed by atoms with Crippen molar-refractivity contribution in [2.45, 2.75) is 12.5 Å². The number of aromatic nitrogens is 4. The standard InChI is InChI=1S/C13H17N7O2/c1-19(13(21)22)8-3-5-20(7-8)11-6-10(16-12(14)17-11)9-2-4-15-18-9/h2,4,6,8H,3,5,7H2,1H3,(H,15,18)(H,21,22)(H2,14,16,17)/t8-/m1/s1. The summed E-state index contributed by atoms with van der Waals surface area (Å²) in [6.07, 6.45) is 1.47. The lowest BCUT2D eigenvalue weighted by molar-refractivity contribution is 0.142. The van der Waals surface area contributed by atoms with Crippen molar-refractivity contribution in [3.05, 3.63) is 18.3 Å². The lowest BCUT2D eigenvalue weighted by Crippen LogP contribution is -2.38. The van der Waals surface area contributed by atoms with Crippen molar-refractivity contribution < 1.29 is 9.90 Å². The molecule has 4 N–H and O–H groups in total. The number of carbonyl (C=O) groups is 1. The summed E-state index contributed by atoms with van der Waals surface area (Å²) < 4.78 is 0. The first-order valence-electron chi connectivity index (χ1n) is 6.89. The zero-order valence-corrected chi connectivity index (χ0v) is 12.1. The minimum Gasteiger partial charge on any atom is -0.465 e. The van der Waals surface area contributed by atoms with E-state index < -0.39 is 6.09 Å². The fraction of sp³-hybridized carbons (Fsp3) is 0.385. The van der Waals surface area contributed by atoms with Gasteiger partial charge in [-0.25, -0.2) is 9.78 Å². The maximum absolute atomic E-state index is 11.0. The van der Waals surface area contributed by atoms with Gasteiger partial charge in [-0.15, -0.1) is 0 Å². The molecule has 0 unspecified atom stereocenters. The monoisotopic (exact) mass is 303 g/mol. The van der Waals surface area contributed by atoms with Crippen LogP contribution < -0.4 is 10.6 Å². The van der Waals surface area contributed by atoms with E-state index in [2.05, 4.69) is 20.2 Å². The maximum atomic E-state index is 11.0. The third kappa shape index (κ3) is 2.65. The number of hydrogen-bond acceptors (Lipinski definition) is 6. The molecule has 2 aromatic heterocycles. The summed E-state index contributed by atoms with van der Waals surface area (Å²) in [5.41, 5.74) is 7.21. The number of likely N-dealkylation sites (N-methyl/N-ethyl adjacent to an activating group) is 1. The number of anilines is 2. The first kappa shape index (κ1) is 14.1. The highest BCUT2D eigenvalue weighted by atomic mass is 16.4. The van der Waals surface area contributed by atoms with Crippen LogP contribution in [0.3, 0.4) is 0 Å². The SMILES string of the molecule is CN(C(=O)O)[C@@H]1CCN(c2cc(-c3ccn[nH]3)nc(N)n2)C1. The average molecular weight is 303 g/mol. The molecule has 9 heteroatoms. The molecule has 116 valence electrons. The summed E-state index contributed by atoms with van der Waals surface area (Å²) in [4.78, 5) is 22.8. The first-order valence-corrected chi connectivity index (χ1v) is 6.89. The molecule has 3 rings (SSSR count). The Bertz CT molecular complexity index is 673. The zero-order valence-electron chi connectivity index (χ0n) is 12.1. The van der Waals surface area contributed by atoms with Crippen molar-refractivity contribution in [2.75, 3.05) is 30.8 Å². The number of nitrogens with one attached hydrogen (secondary N) is 1. The average Bonchev–Trinajstić information content (AvgIpc) is 3.17. The number of nitrogens with zero attached hydrogens (tertiary/aromatic N) is 5. The molecule has 1 fully saturated rings. The van der Waals surface area contributed by atoms with Gasteiger partial charge in [-0.05, 0) is 12.5 Å². The van der Waals surface area contributed by atoms with Crippen LogP contribution in [0.5, 0.6) is 0 Å². The quantitative estimate of drug-likeness (QED) is 0.759. The van der Waals surface area contributed by atoms with Crippen LogP contribution in [-0.2, 0) is 0 Å². The van der Waals surface area contributed by atoms with E-state index in [1.165, 1.54) is 4.90 Å². The van der Waals surface area contributed by atoms with E-state index in [0.717, 1.165) is 18.7 Å². The normalized spacial score (nSPS) is 17.7. The number of H-pyrrole nitrogens is 1. The molecule has 0 spiro atoms. The highest BCUT2D eigenvalue weighted by Gasteiger charge is 2.29. The smallest absolute Gasteiger partial charge is 0.407 e. The fourth-order valence-electron chi connectivity index (χ4n) is 2.57. The summed E-state index contributed by atoms with van der Waals surface area (Å²) in [5.74, 6) is 0.871. The zero-order chi connectivity index (χ0) is 15.7. The molecule has 2 aromatic rings. The lowest BCUT2D eigenvalue weighted by Gasteiger charge is -2.22. The molecule has 1 amide bonds. The third-order valence-electron chi connectivity index (χ3n) is 3.84. The second-order valence-electron chi connectivity index (χ2n) is 5.22. The summed E-state index contributed by atoms with van der Waals surface area (Å²) in [5, 5.41) is 15.8. The fourth-order valence-corrected chi connectivity index (χ4v) is 2.57. The third-order valence-corrected chi connectivity index (χ3v) is 3.84. The highest BCUT2D eigenvalue weighted by Crippen LogP contribution is 2.25. The minimum absolute atomic E-state index is 0.0516. The minimum atomic E-state index is -0.924. The molecule has 1 aliphatic rings. The molecule has 3 heterocycles. The van der Waals surface area contributed by atoms with E-state index >= 15 is 0 Å². The van der Waals surface area contributed by atoms with E-state index in [1.54, 1.807) is 19.3 Å². The molecule has 9 nitrogen and oxygen atoms in total. The summed E-state index contributed by atoms with van der Waals surface area (Å²) in [6, 6.07) is 3.58. The van der Waals surface area contributed by atoms with Crippen molar-refractivity contribution in [3.8, 4) is 11.4 Å². The molecule has 0 saturated carbocycles. The Hall–Kier alpha value is -2.84. The Morgan fingerprint density at radius 3 is 3.05 bits per heavy atom. The largest absolute Gasteiger partial charge is 0.465 e. The number of carboxylic acid groups (broad SMARTS) is 1. The van der Waals surface area contributed by atoms with E-state index in [-0.39, 0.29) is 12.0 Å². The second-order valence-corrected chi connectivity index (χ2v) is 5.22. The van der Waals surface area contributed by atoms with Gasteiger partial charge in [0.05, 0.1) is 17.4 Å². The van der Waals surface area contributed by atoms with E-state index in [1.807, 2.05) is 11.0 Å². The van der Waals surface area contributed by atoms with Crippen molar-refractivity contribution in [1.29, 1.82) is 0 Å². The predicted octanol–water partition coefficient (Wildman–Crippen LogP) is 0.637. The van der Waals surface area contributed by atoms with Crippen LogP contribution in [-0.4, -0.2) is 62.4 Å². The van der Waals surface area contributed by atoms with Crippen LogP contribution in [0.2, 0.25) is 0 Å². The molecule has 0 radical (unpaired) electrons. The van der Waals surface area contributed by atoms with Crippen molar-refractivity contribution in [2.24, 2.45) is 0 Å². The summed E-state index contributed by atoms with van der Waals surface area (Å²) >= 11 is 0. The lowest BCUT2D eigenvalue weighted by atomic mass is 10.2. The van der Waals surface area contributed by atoms with Crippen LogP contribution >= 0.6 is 0 Å². The Labute approximate surface area is 126 Å². The van der Waals surface area contributed by atoms with Gasteiger partial charge >= 0.3 is 6.09 Å². The first-order chi connectivity index (χ1) is 10.5. The van der Waals surface area contributed by atoms with Gasteiger partial charge in [0.2, 0.25) is 5.95 Å². The maximum Gasteiger partial charge on any atom is 0.407 e. The number of rotatable bonds is 3. The van der Waals surface area contributed by atoms with Gasteiger partial charge in [0.1, 0.15) is 5.82 Å². The Morgan fingerprint density at radius 1 is 1.55 bits per heavy atom. The molecule has 22 heavy (non-hydrogen) atoms. The molecule has 0 bridgehead atoms. The Morgan fingerprint density at radius 2 is 2.36 bits per heavy atom. The van der Waals surface area contributed by atoms with Gasteiger partial charge in [-0.2, -0.15) is 10.1 Å². The Kier molecular flexibility index (Phi) is 3.53. The highest BCUT2D eigenvalue weighted by molar-refractivity contribution is 5.65. The predicted molar refractivity (Wildman–Crippen MR) is 80.4 cm³/mol. The van der Waals surface area contributed by atoms with Gasteiger partial charge in [0.15, 0.2) is 0 Å². The molecule has 0 aliphatic carbocycles. The number of nitrogens with two attached hydrogens (primary N) is 1. The summed E-state index contributed by atoms with van der Waals surface area (Å²) in [7, 11) is 1.58. The van der Waals surface area contributed by atoms with Crippen molar-refractivity contribution in [1.82, 2.24) is 25.1 Å². The van der Waals surface area contributed by atoms with Crippen LogP contribution in [0.4, 0.5) is 16.6 Å². The molecule has 1 aliphatic heterocycles. The molecule has 1 saturated heterocycles. The van der Waals surface area contributed by atoms with Crippen LogP contribution in [0.25, 0.3) is 11.4 Å². The van der Waals surface area contributed by atoms with Gasteiger partial charge in [0, 0.05) is 32.4 Å². The number of hydrogen-bond donors (Lipinski definition) is 3. The second kappa shape index (κ2) is 5.51. The molecular weight excluding hydrogens is 286 g/mol. The summed E-state index contributed by atoms with van der Waals surface area (Å²) in [6.45, 7) is 1.31. The number of aromatic amines is 1. The number of nitrogen functional groups attached to an aromatic ring is 1. The van der Waals surface area contributed by atoms with Gasteiger partial charge in [0.25, 0.3) is 0 Å². The van der Waals surface area contributed by atoms with E-state index in [4.69, 9.17) is 10.8 Å². The topological polar surface area (TPSA) is 124 Å². The molecular formula is C13H17N7O2. The molecule has 1 atom stereocenters. The van der Waals surface area contributed by atoms with Gasteiger partial charge in [-0.3, -0.25) is 5.10 Å². The number of amides is 1. The Balaban J connectivity index is 1.83. The van der Waals surface area contributed by atoms with Crippen LogP contribution in [0.15, 0.2) is 18.3 Å². The van der Waals surface area contributed by atoms with Crippen molar-refractivity contribution >= 4 is 17.9 Å². The van der Waals surface area contributed by atoms with Crippen LogP contribution in [0.1, 0.15) is 6.42 Å². The van der Waals surface area contributed by atoms with Crippen molar-refractivity contribution in [3.63, 3.8) is 0 Å². The van der Waals surface area contributed by atoms with Crippen LogP contribution in [0, 0.1) is 0 Å². The molecule has 0 aromatic carbocycles. The van der Waals surface area contributed by atoms with Gasteiger partial charge < -0.3 is 20.6 Å².